The quantitative estimate of drug-likeness (QED) is 0.594. The molecule has 0 aliphatic carbocycles. The average molecular weight is 445 g/mol. The molecule has 3 heterocycles. The van der Waals surface area contributed by atoms with Crippen LogP contribution in [0.25, 0.3) is 11.4 Å². The summed E-state index contributed by atoms with van der Waals surface area (Å²) in [6.45, 7) is 8.02. The first-order valence-electron chi connectivity index (χ1n) is 11.4. The highest BCUT2D eigenvalue weighted by molar-refractivity contribution is 5.76. The molecule has 0 saturated carbocycles. The van der Waals surface area contributed by atoms with Crippen LogP contribution in [0.3, 0.4) is 0 Å². The molecule has 174 valence electrons. The van der Waals surface area contributed by atoms with Crippen LogP contribution in [0.1, 0.15) is 25.7 Å². The predicted octanol–water partition coefficient (Wildman–Crippen LogP) is 1.92. The number of aromatic nitrogens is 2. The van der Waals surface area contributed by atoms with Crippen LogP contribution < -0.4 is 10.1 Å². The lowest BCUT2D eigenvalue weighted by molar-refractivity contribution is -0.121. The molecule has 9 nitrogen and oxygen atoms in total. The van der Waals surface area contributed by atoms with Gasteiger partial charge in [0, 0.05) is 56.6 Å². The molecule has 2 aromatic rings. The minimum absolute atomic E-state index is 0.0111. The van der Waals surface area contributed by atoms with E-state index in [2.05, 4.69) is 20.4 Å². The Bertz CT molecular complexity index is 844. The molecule has 2 unspecified atom stereocenters. The number of nitrogens with one attached hydrogen (secondary N) is 1. The molecule has 0 bridgehead atoms. The summed E-state index contributed by atoms with van der Waals surface area (Å²) in [5.74, 6) is 2.20. The van der Waals surface area contributed by atoms with Gasteiger partial charge in [-0.05, 0) is 37.6 Å². The van der Waals surface area contributed by atoms with Gasteiger partial charge in [-0.25, -0.2) is 0 Å². The van der Waals surface area contributed by atoms with E-state index in [-0.39, 0.29) is 11.9 Å². The van der Waals surface area contributed by atoms with Gasteiger partial charge >= 0.3 is 0 Å². The van der Waals surface area contributed by atoms with E-state index in [1.54, 1.807) is 0 Å². The molecule has 1 aromatic heterocycles. The smallest absolute Gasteiger partial charge is 0.227 e. The number of hydrogen-bond donors (Lipinski definition) is 1. The molecule has 32 heavy (non-hydrogen) atoms. The monoisotopic (exact) mass is 444 g/mol. The fourth-order valence-electron chi connectivity index (χ4n) is 4.23. The first-order chi connectivity index (χ1) is 15.7. The minimum atomic E-state index is -0.0111. The second kappa shape index (κ2) is 11.4. The number of nitrogens with zero attached hydrogens (tertiary/aromatic N) is 3. The molecule has 2 fully saturated rings. The summed E-state index contributed by atoms with van der Waals surface area (Å²) in [6.07, 6.45) is 1.75. The lowest BCUT2D eigenvalue weighted by Crippen LogP contribution is -2.52. The van der Waals surface area contributed by atoms with E-state index in [0.717, 1.165) is 57.3 Å². The third-order valence-electron chi connectivity index (χ3n) is 5.99. The molecule has 1 amide bonds. The maximum Gasteiger partial charge on any atom is 0.227 e. The van der Waals surface area contributed by atoms with Crippen molar-refractivity contribution in [3.05, 3.63) is 30.2 Å². The topological polar surface area (TPSA) is 99.0 Å². The highest BCUT2D eigenvalue weighted by Crippen LogP contribution is 2.22. The zero-order chi connectivity index (χ0) is 22.2. The molecule has 2 atom stereocenters. The van der Waals surface area contributed by atoms with Gasteiger partial charge in [0.1, 0.15) is 5.75 Å². The number of ether oxygens (including phenoxy) is 3. The van der Waals surface area contributed by atoms with E-state index in [4.69, 9.17) is 18.7 Å². The fourth-order valence-corrected chi connectivity index (χ4v) is 4.23. The van der Waals surface area contributed by atoms with Gasteiger partial charge in [-0.3, -0.25) is 9.69 Å². The van der Waals surface area contributed by atoms with Gasteiger partial charge in [0.05, 0.1) is 26.4 Å². The summed E-state index contributed by atoms with van der Waals surface area (Å²) >= 11 is 0. The Morgan fingerprint density at radius 2 is 2.03 bits per heavy atom. The van der Waals surface area contributed by atoms with E-state index in [1.165, 1.54) is 0 Å². The standard InChI is InChI=1S/C23H32N4O5/c1-2-31-19-5-3-17(4-6-19)23-25-22(32-26-23)8-7-21(28)24-15-20(18-9-12-30-16-18)27-10-13-29-14-11-27/h3-6,18,20H,2,7-16H2,1H3,(H,24,28). The number of carbonyl (C=O) groups is 1. The summed E-state index contributed by atoms with van der Waals surface area (Å²) in [6, 6.07) is 7.82. The van der Waals surface area contributed by atoms with Gasteiger partial charge < -0.3 is 24.1 Å². The molecule has 0 spiro atoms. The van der Waals surface area contributed by atoms with Crippen LogP contribution in [0, 0.1) is 5.92 Å². The normalized spacial score (nSPS) is 20.2. The largest absolute Gasteiger partial charge is 0.494 e. The molecule has 2 saturated heterocycles. The number of morpholine rings is 1. The number of rotatable bonds is 10. The van der Waals surface area contributed by atoms with Gasteiger partial charge in [0.2, 0.25) is 17.6 Å². The molecule has 1 aromatic carbocycles. The van der Waals surface area contributed by atoms with E-state index in [9.17, 15) is 4.79 Å². The first-order valence-corrected chi connectivity index (χ1v) is 11.4. The Morgan fingerprint density at radius 1 is 1.22 bits per heavy atom. The molecular weight excluding hydrogens is 412 g/mol. The van der Waals surface area contributed by atoms with Crippen LogP contribution in [0.2, 0.25) is 0 Å². The van der Waals surface area contributed by atoms with Gasteiger partial charge in [-0.15, -0.1) is 0 Å². The third-order valence-corrected chi connectivity index (χ3v) is 5.99. The van der Waals surface area contributed by atoms with E-state index in [0.29, 0.717) is 43.6 Å². The molecular formula is C23H32N4O5. The van der Waals surface area contributed by atoms with Crippen molar-refractivity contribution in [1.82, 2.24) is 20.4 Å². The van der Waals surface area contributed by atoms with Crippen LogP contribution in [0.5, 0.6) is 5.75 Å². The van der Waals surface area contributed by atoms with Crippen molar-refractivity contribution in [1.29, 1.82) is 0 Å². The molecule has 2 aliphatic heterocycles. The Morgan fingerprint density at radius 3 is 2.75 bits per heavy atom. The summed E-state index contributed by atoms with van der Waals surface area (Å²) in [5.41, 5.74) is 0.847. The predicted molar refractivity (Wildman–Crippen MR) is 117 cm³/mol. The Hall–Kier alpha value is -2.49. The summed E-state index contributed by atoms with van der Waals surface area (Å²) in [5, 5.41) is 7.14. The van der Waals surface area contributed by atoms with Crippen LogP contribution >= 0.6 is 0 Å². The number of aryl methyl sites for hydroxylation is 1. The Kier molecular flexibility index (Phi) is 8.08. The van der Waals surface area contributed by atoms with Crippen molar-refractivity contribution < 1.29 is 23.5 Å². The van der Waals surface area contributed by atoms with Crippen LogP contribution in [-0.4, -0.2) is 79.7 Å². The van der Waals surface area contributed by atoms with Crippen LogP contribution in [0.15, 0.2) is 28.8 Å². The lowest BCUT2D eigenvalue weighted by atomic mass is 9.97. The van der Waals surface area contributed by atoms with Gasteiger partial charge in [0.25, 0.3) is 0 Å². The number of carbonyl (C=O) groups excluding carboxylic acids is 1. The third kappa shape index (κ3) is 6.05. The highest BCUT2D eigenvalue weighted by atomic mass is 16.5. The molecule has 9 heteroatoms. The van der Waals surface area contributed by atoms with E-state index < -0.39 is 0 Å². The molecule has 0 radical (unpaired) electrons. The highest BCUT2D eigenvalue weighted by Gasteiger charge is 2.31. The second-order valence-electron chi connectivity index (χ2n) is 8.11. The van der Waals surface area contributed by atoms with Gasteiger partial charge in [0.15, 0.2) is 0 Å². The fraction of sp³-hybridized carbons (Fsp3) is 0.609. The SMILES string of the molecule is CCOc1ccc(-c2noc(CCC(=O)NCC(C3CCOC3)N3CCOCC3)n2)cc1. The van der Waals surface area contributed by atoms with Crippen molar-refractivity contribution in [2.45, 2.75) is 32.2 Å². The maximum absolute atomic E-state index is 12.5. The summed E-state index contributed by atoms with van der Waals surface area (Å²) < 4.78 is 21.9. The molecule has 2 aliphatic rings. The minimum Gasteiger partial charge on any atom is -0.494 e. The summed E-state index contributed by atoms with van der Waals surface area (Å²) in [7, 11) is 0. The number of amides is 1. The Balaban J connectivity index is 1.26. The van der Waals surface area contributed by atoms with Crippen molar-refractivity contribution in [3.63, 3.8) is 0 Å². The zero-order valence-electron chi connectivity index (χ0n) is 18.6. The zero-order valence-corrected chi connectivity index (χ0v) is 18.6. The number of benzene rings is 1. The van der Waals surface area contributed by atoms with Gasteiger partial charge in [-0.1, -0.05) is 5.16 Å². The van der Waals surface area contributed by atoms with Crippen molar-refractivity contribution in [3.8, 4) is 17.1 Å². The second-order valence-corrected chi connectivity index (χ2v) is 8.11. The average Bonchev–Trinajstić information content (AvgIpc) is 3.52. The maximum atomic E-state index is 12.5. The van der Waals surface area contributed by atoms with Crippen molar-refractivity contribution in [2.24, 2.45) is 5.92 Å². The van der Waals surface area contributed by atoms with Crippen LogP contribution in [-0.2, 0) is 20.7 Å². The molecule has 1 N–H and O–H groups in total. The first kappa shape index (κ1) is 22.7. The van der Waals surface area contributed by atoms with Crippen molar-refractivity contribution >= 4 is 5.91 Å². The molecule has 4 rings (SSSR count). The van der Waals surface area contributed by atoms with Gasteiger partial charge in [-0.2, -0.15) is 4.98 Å². The number of hydrogen-bond acceptors (Lipinski definition) is 8. The van der Waals surface area contributed by atoms with E-state index in [1.807, 2.05) is 31.2 Å². The Labute approximate surface area is 188 Å². The lowest BCUT2D eigenvalue weighted by Gasteiger charge is -2.37. The summed E-state index contributed by atoms with van der Waals surface area (Å²) in [4.78, 5) is 19.3. The van der Waals surface area contributed by atoms with Crippen molar-refractivity contribution in [2.75, 3.05) is 52.7 Å². The van der Waals surface area contributed by atoms with Crippen LogP contribution in [0.4, 0.5) is 0 Å². The van der Waals surface area contributed by atoms with E-state index >= 15 is 0 Å².